The largest absolute Gasteiger partial charge is 0.478 e. The highest BCUT2D eigenvalue weighted by molar-refractivity contribution is 6.31. The van der Waals surface area contributed by atoms with E-state index < -0.39 is 17.7 Å². The first kappa shape index (κ1) is 16.8. The predicted octanol–water partition coefficient (Wildman–Crippen LogP) is 3.78. The van der Waals surface area contributed by atoms with E-state index in [0.717, 1.165) is 0 Å². The Labute approximate surface area is 137 Å². The Morgan fingerprint density at radius 2 is 2.04 bits per heavy atom. The summed E-state index contributed by atoms with van der Waals surface area (Å²) in [4.78, 5) is 23.2. The van der Waals surface area contributed by atoms with Gasteiger partial charge in [0.25, 0.3) is 0 Å². The van der Waals surface area contributed by atoms with Gasteiger partial charge in [-0.2, -0.15) is 5.10 Å². The number of carbonyl (C=O) groups is 2. The topological polar surface area (TPSA) is 104 Å². The highest BCUT2D eigenvalue weighted by atomic mass is 35.5. The van der Waals surface area contributed by atoms with Crippen molar-refractivity contribution >= 4 is 29.4 Å². The molecule has 0 unspecified atom stereocenters. The molecule has 7 nitrogen and oxygen atoms in total. The second-order valence-corrected chi connectivity index (χ2v) is 6.22. The number of rotatable bonds is 3. The van der Waals surface area contributed by atoms with Crippen LogP contribution in [0.4, 0.5) is 10.5 Å². The van der Waals surface area contributed by atoms with Crippen LogP contribution in [0.25, 0.3) is 11.3 Å². The number of nitrogens with zero attached hydrogens (tertiary/aromatic N) is 1. The van der Waals surface area contributed by atoms with Crippen molar-refractivity contribution in [3.8, 4) is 11.3 Å². The first-order chi connectivity index (χ1) is 10.7. The van der Waals surface area contributed by atoms with E-state index in [1.165, 1.54) is 12.3 Å². The molecule has 0 fully saturated rings. The number of H-pyrrole nitrogens is 1. The maximum atomic E-state index is 11.9. The number of aromatic carboxylic acids is 1. The summed E-state index contributed by atoms with van der Waals surface area (Å²) in [6.07, 6.45) is 0.535. The average Bonchev–Trinajstić information content (AvgIpc) is 2.87. The van der Waals surface area contributed by atoms with E-state index in [4.69, 9.17) is 16.3 Å². The number of ether oxygens (including phenoxy) is 1. The van der Waals surface area contributed by atoms with Gasteiger partial charge in [-0.25, -0.2) is 9.59 Å². The zero-order valence-electron chi connectivity index (χ0n) is 12.8. The summed E-state index contributed by atoms with van der Waals surface area (Å²) in [6, 6.07) is 4.68. The number of hydrogen-bond acceptors (Lipinski definition) is 4. The average molecular weight is 338 g/mol. The third-order valence-electron chi connectivity index (χ3n) is 2.76. The molecule has 0 atom stereocenters. The Balaban J connectivity index is 2.40. The smallest absolute Gasteiger partial charge is 0.412 e. The normalized spacial score (nSPS) is 11.1. The minimum Gasteiger partial charge on any atom is -0.478 e. The molecule has 1 aromatic carbocycles. The van der Waals surface area contributed by atoms with Gasteiger partial charge < -0.3 is 9.84 Å². The lowest BCUT2D eigenvalue weighted by Crippen LogP contribution is -2.27. The molecule has 0 saturated carbocycles. The minimum absolute atomic E-state index is 0.0282. The van der Waals surface area contributed by atoms with Crippen LogP contribution in [-0.4, -0.2) is 33.0 Å². The molecular formula is C15H16ClN3O4. The summed E-state index contributed by atoms with van der Waals surface area (Å²) in [6.45, 7) is 5.23. The molecule has 23 heavy (non-hydrogen) atoms. The van der Waals surface area contributed by atoms with Crippen LogP contribution in [0.3, 0.4) is 0 Å². The number of hydrogen-bond donors (Lipinski definition) is 3. The first-order valence-electron chi connectivity index (χ1n) is 6.74. The summed E-state index contributed by atoms with van der Waals surface area (Å²) >= 11 is 5.98. The van der Waals surface area contributed by atoms with Crippen LogP contribution in [-0.2, 0) is 4.74 Å². The van der Waals surface area contributed by atoms with Gasteiger partial charge >= 0.3 is 12.1 Å². The van der Waals surface area contributed by atoms with E-state index in [1.54, 1.807) is 32.9 Å². The van der Waals surface area contributed by atoms with Crippen LogP contribution in [0.1, 0.15) is 31.1 Å². The van der Waals surface area contributed by atoms with Crippen molar-refractivity contribution in [2.75, 3.05) is 5.32 Å². The van der Waals surface area contributed by atoms with Gasteiger partial charge in [0, 0.05) is 10.6 Å². The predicted molar refractivity (Wildman–Crippen MR) is 85.8 cm³/mol. The van der Waals surface area contributed by atoms with Crippen molar-refractivity contribution in [1.82, 2.24) is 10.2 Å². The SMILES string of the molecule is CC(C)(C)OC(=O)Nc1ccc(Cl)cc1-c1[nH]ncc1C(=O)O. The third kappa shape index (κ3) is 4.23. The molecule has 1 aromatic heterocycles. The Morgan fingerprint density at radius 3 is 2.65 bits per heavy atom. The van der Waals surface area contributed by atoms with Gasteiger partial charge in [-0.15, -0.1) is 0 Å². The molecule has 2 rings (SSSR count). The van der Waals surface area contributed by atoms with Gasteiger partial charge in [-0.1, -0.05) is 11.6 Å². The van der Waals surface area contributed by atoms with Gasteiger partial charge in [-0.3, -0.25) is 10.4 Å². The molecule has 0 aliphatic heterocycles. The number of aromatic amines is 1. The summed E-state index contributed by atoms with van der Waals surface area (Å²) in [7, 11) is 0. The molecule has 0 bridgehead atoms. The molecule has 0 radical (unpaired) electrons. The zero-order valence-corrected chi connectivity index (χ0v) is 13.6. The maximum Gasteiger partial charge on any atom is 0.412 e. The van der Waals surface area contributed by atoms with Gasteiger partial charge in [0.2, 0.25) is 0 Å². The molecule has 2 aromatic rings. The van der Waals surface area contributed by atoms with Crippen LogP contribution in [0.5, 0.6) is 0 Å². The van der Waals surface area contributed by atoms with Crippen molar-refractivity contribution in [2.24, 2.45) is 0 Å². The van der Waals surface area contributed by atoms with Gasteiger partial charge in [0.15, 0.2) is 0 Å². The number of anilines is 1. The molecule has 1 amide bonds. The van der Waals surface area contributed by atoms with E-state index in [0.29, 0.717) is 16.3 Å². The first-order valence-corrected chi connectivity index (χ1v) is 7.12. The fourth-order valence-electron chi connectivity index (χ4n) is 1.90. The number of nitrogens with one attached hydrogen (secondary N) is 2. The summed E-state index contributed by atoms with van der Waals surface area (Å²) in [5.74, 6) is -1.14. The number of carbonyl (C=O) groups excluding carboxylic acids is 1. The highest BCUT2D eigenvalue weighted by Gasteiger charge is 2.21. The Hall–Kier alpha value is -2.54. The van der Waals surface area contributed by atoms with Crippen LogP contribution < -0.4 is 5.32 Å². The maximum absolute atomic E-state index is 11.9. The summed E-state index contributed by atoms with van der Waals surface area (Å²) < 4.78 is 5.20. The standard InChI is InChI=1S/C15H16ClN3O4/c1-15(2,3)23-14(22)18-11-5-4-8(16)6-9(11)12-10(13(20)21)7-17-19-12/h4-7H,1-3H3,(H,17,19)(H,18,22)(H,20,21). The number of benzene rings is 1. The number of aromatic nitrogens is 2. The van der Waals surface area contributed by atoms with Crippen molar-refractivity contribution in [3.63, 3.8) is 0 Å². The lowest BCUT2D eigenvalue weighted by atomic mass is 10.1. The molecule has 0 spiro atoms. The van der Waals surface area contributed by atoms with Crippen molar-refractivity contribution in [1.29, 1.82) is 0 Å². The Morgan fingerprint density at radius 1 is 1.35 bits per heavy atom. The lowest BCUT2D eigenvalue weighted by Gasteiger charge is -2.20. The Kier molecular flexibility index (Phi) is 4.60. The molecule has 0 saturated heterocycles. The van der Waals surface area contributed by atoms with Crippen molar-refractivity contribution in [2.45, 2.75) is 26.4 Å². The zero-order chi connectivity index (χ0) is 17.2. The molecule has 122 valence electrons. The van der Waals surface area contributed by atoms with Crippen LogP contribution in [0.2, 0.25) is 5.02 Å². The van der Waals surface area contributed by atoms with E-state index >= 15 is 0 Å². The van der Waals surface area contributed by atoms with Crippen LogP contribution in [0, 0.1) is 0 Å². The van der Waals surface area contributed by atoms with E-state index in [9.17, 15) is 14.7 Å². The summed E-state index contributed by atoms with van der Waals surface area (Å²) in [5.41, 5.74) is 0.316. The molecule has 8 heteroatoms. The van der Waals surface area contributed by atoms with Gasteiger partial charge in [0.1, 0.15) is 11.2 Å². The molecule has 0 aliphatic rings. The summed E-state index contributed by atoms with van der Waals surface area (Å²) in [5, 5.41) is 18.5. The quantitative estimate of drug-likeness (QED) is 0.790. The number of carboxylic acids is 1. The van der Waals surface area contributed by atoms with Crippen molar-refractivity contribution < 1.29 is 19.4 Å². The molecular weight excluding hydrogens is 322 g/mol. The number of amides is 1. The molecule has 3 N–H and O–H groups in total. The highest BCUT2D eigenvalue weighted by Crippen LogP contribution is 2.32. The van der Waals surface area contributed by atoms with E-state index in [-0.39, 0.29) is 11.3 Å². The van der Waals surface area contributed by atoms with Crippen molar-refractivity contribution in [3.05, 3.63) is 35.0 Å². The monoisotopic (exact) mass is 337 g/mol. The van der Waals surface area contributed by atoms with Crippen LogP contribution >= 0.6 is 11.6 Å². The van der Waals surface area contributed by atoms with Crippen LogP contribution in [0.15, 0.2) is 24.4 Å². The fraction of sp³-hybridized carbons (Fsp3) is 0.267. The third-order valence-corrected chi connectivity index (χ3v) is 2.99. The number of carboxylic acid groups (broad SMARTS) is 1. The number of halogens is 1. The molecule has 1 heterocycles. The van der Waals surface area contributed by atoms with Gasteiger partial charge in [0.05, 0.1) is 17.6 Å². The second kappa shape index (κ2) is 6.29. The minimum atomic E-state index is -1.14. The fourth-order valence-corrected chi connectivity index (χ4v) is 2.07. The lowest BCUT2D eigenvalue weighted by molar-refractivity contribution is 0.0634. The Bertz CT molecular complexity index is 749. The van der Waals surface area contributed by atoms with E-state index in [2.05, 4.69) is 15.5 Å². The molecule has 0 aliphatic carbocycles. The van der Waals surface area contributed by atoms with E-state index in [1.807, 2.05) is 0 Å². The van der Waals surface area contributed by atoms with Gasteiger partial charge in [-0.05, 0) is 39.0 Å². The second-order valence-electron chi connectivity index (χ2n) is 5.78.